The zero-order valence-electron chi connectivity index (χ0n) is 25.3. The molecule has 2 atom stereocenters. The van der Waals surface area contributed by atoms with Gasteiger partial charge < -0.3 is 4.90 Å². The van der Waals surface area contributed by atoms with Crippen LogP contribution in [0.1, 0.15) is 62.5 Å². The Labute approximate surface area is 266 Å². The fourth-order valence-electron chi connectivity index (χ4n) is 6.85. The second-order valence-electron chi connectivity index (χ2n) is 12.2. The molecule has 3 aliphatic rings. The van der Waals surface area contributed by atoms with Crippen molar-refractivity contribution in [3.05, 3.63) is 65.7 Å². The van der Waals surface area contributed by atoms with E-state index in [9.17, 15) is 31.2 Å². The van der Waals surface area contributed by atoms with Gasteiger partial charge in [-0.25, -0.2) is 9.97 Å². The van der Waals surface area contributed by atoms with Gasteiger partial charge >= 0.3 is 6.18 Å². The van der Waals surface area contributed by atoms with Crippen molar-refractivity contribution in [1.82, 2.24) is 14.9 Å². The Hall–Kier alpha value is -4.00. The summed E-state index contributed by atoms with van der Waals surface area (Å²) >= 11 is 0. The first-order valence-corrected chi connectivity index (χ1v) is 17.3. The Morgan fingerprint density at radius 2 is 1.57 bits per heavy atom. The minimum atomic E-state index is -4.69. The molecule has 9 nitrogen and oxygen atoms in total. The summed E-state index contributed by atoms with van der Waals surface area (Å²) in [7, 11) is -4.32. The molecule has 4 bridgehead atoms. The third kappa shape index (κ3) is 6.60. The molecule has 0 spiro atoms. The van der Waals surface area contributed by atoms with Gasteiger partial charge in [-0.3, -0.25) is 19.2 Å². The standard InChI is InChI=1S/C33H36F3N5O4S/c34-33(35,36)26-17-18-27-37-30(26)23-12-4-3-11-22(23)10-2-1-7-19-40(28-15-8-16-29(38-28)46(44,45)39-27)20-9-21-41-31(42)24-13-5-6-14-25(24)32(41)43/h3-4,8,11-12,15-18,24-25H,1-2,5-7,9-10,13-14,19-21H2,(H,37,39). The maximum atomic E-state index is 14.1. The lowest BCUT2D eigenvalue weighted by Gasteiger charge is -2.25. The van der Waals surface area contributed by atoms with E-state index in [1.807, 2.05) is 4.90 Å². The van der Waals surface area contributed by atoms with Crippen LogP contribution in [0.3, 0.4) is 0 Å². The van der Waals surface area contributed by atoms with Gasteiger partial charge in [-0.05, 0) is 68.4 Å². The molecule has 0 radical (unpaired) electrons. The van der Waals surface area contributed by atoms with E-state index in [1.165, 1.54) is 11.0 Å². The molecule has 1 N–H and O–H groups in total. The predicted molar refractivity (Wildman–Crippen MR) is 166 cm³/mol. The number of halogens is 3. The van der Waals surface area contributed by atoms with Crippen molar-refractivity contribution in [2.24, 2.45) is 11.8 Å². The van der Waals surface area contributed by atoms with Crippen molar-refractivity contribution in [2.45, 2.75) is 69.0 Å². The molecule has 1 saturated carbocycles. The quantitative estimate of drug-likeness (QED) is 0.340. The highest BCUT2D eigenvalue weighted by Gasteiger charge is 2.47. The molecule has 13 heteroatoms. The van der Waals surface area contributed by atoms with Crippen molar-refractivity contribution >= 4 is 33.5 Å². The number of aromatic nitrogens is 2. The van der Waals surface area contributed by atoms with E-state index < -0.39 is 21.8 Å². The zero-order chi connectivity index (χ0) is 32.5. The van der Waals surface area contributed by atoms with Crippen LogP contribution in [0.15, 0.2) is 59.6 Å². The molecular weight excluding hydrogens is 619 g/mol. The Bertz CT molecular complexity index is 1710. The van der Waals surface area contributed by atoms with Gasteiger partial charge in [0, 0.05) is 25.2 Å². The molecule has 2 fully saturated rings. The van der Waals surface area contributed by atoms with Gasteiger partial charge in [0.05, 0.1) is 23.1 Å². The van der Waals surface area contributed by atoms with Crippen molar-refractivity contribution < 1.29 is 31.2 Å². The van der Waals surface area contributed by atoms with Gasteiger partial charge in [0.15, 0.2) is 5.03 Å². The number of hydrogen-bond donors (Lipinski definition) is 1. The summed E-state index contributed by atoms with van der Waals surface area (Å²) < 4.78 is 71.4. The van der Waals surface area contributed by atoms with Crippen LogP contribution in [0.4, 0.5) is 24.8 Å². The molecule has 1 saturated heterocycles. The van der Waals surface area contributed by atoms with Gasteiger partial charge in [-0.1, -0.05) is 49.6 Å². The van der Waals surface area contributed by atoms with E-state index in [4.69, 9.17) is 0 Å². The summed E-state index contributed by atoms with van der Waals surface area (Å²) in [5.74, 6) is -0.426. The number of hydrogen-bond acceptors (Lipinski definition) is 7. The first kappa shape index (κ1) is 32.0. The van der Waals surface area contributed by atoms with Crippen LogP contribution < -0.4 is 9.62 Å². The molecule has 1 aliphatic carbocycles. The van der Waals surface area contributed by atoms with Crippen molar-refractivity contribution in [3.63, 3.8) is 0 Å². The number of alkyl halides is 3. The molecule has 244 valence electrons. The van der Waals surface area contributed by atoms with Gasteiger partial charge in [-0.15, -0.1) is 0 Å². The fraction of sp³-hybridized carbons (Fsp3) is 0.455. The third-order valence-electron chi connectivity index (χ3n) is 9.14. The van der Waals surface area contributed by atoms with E-state index >= 15 is 0 Å². The number of carbonyl (C=O) groups is 2. The van der Waals surface area contributed by atoms with Crippen LogP contribution in [-0.4, -0.2) is 54.7 Å². The summed E-state index contributed by atoms with van der Waals surface area (Å²) in [6.45, 7) is 1.28. The van der Waals surface area contributed by atoms with Crippen LogP contribution >= 0.6 is 0 Å². The minimum Gasteiger partial charge on any atom is -0.357 e. The Morgan fingerprint density at radius 1 is 0.826 bits per heavy atom. The van der Waals surface area contributed by atoms with Crippen LogP contribution in [0.2, 0.25) is 0 Å². The number of likely N-dealkylation sites (tertiary alicyclic amines) is 1. The number of sulfonamides is 1. The number of fused-ring (bicyclic) bond motifs is 7. The van der Waals surface area contributed by atoms with Crippen LogP contribution in [0, 0.1) is 11.8 Å². The number of anilines is 2. The highest BCUT2D eigenvalue weighted by atomic mass is 32.2. The van der Waals surface area contributed by atoms with E-state index in [-0.39, 0.29) is 40.2 Å². The van der Waals surface area contributed by atoms with Gasteiger partial charge in [0.1, 0.15) is 11.6 Å². The Morgan fingerprint density at radius 3 is 2.30 bits per heavy atom. The van der Waals surface area contributed by atoms with E-state index in [2.05, 4.69) is 14.7 Å². The molecule has 46 heavy (non-hydrogen) atoms. The smallest absolute Gasteiger partial charge is 0.357 e. The molecule has 4 heterocycles. The Kier molecular flexibility index (Phi) is 9.04. The number of imide groups is 1. The third-order valence-corrected chi connectivity index (χ3v) is 10.4. The highest BCUT2D eigenvalue weighted by molar-refractivity contribution is 7.92. The summed E-state index contributed by atoms with van der Waals surface area (Å²) in [6.07, 6.45) is 1.94. The monoisotopic (exact) mass is 655 g/mol. The maximum Gasteiger partial charge on any atom is 0.418 e. The molecule has 6 rings (SSSR count). The number of rotatable bonds is 4. The number of nitrogens with one attached hydrogen (secondary N) is 1. The molecular formula is C33H36F3N5O4S. The molecule has 2 amide bonds. The Balaban J connectivity index is 1.28. The van der Waals surface area contributed by atoms with Gasteiger partial charge in [-0.2, -0.15) is 21.6 Å². The summed E-state index contributed by atoms with van der Waals surface area (Å²) in [6, 6.07) is 13.2. The number of pyridine rings is 2. The van der Waals surface area contributed by atoms with Crippen molar-refractivity contribution in [2.75, 3.05) is 29.3 Å². The molecule has 1 aromatic carbocycles. The minimum absolute atomic E-state index is 0.0831. The van der Waals surface area contributed by atoms with Crippen LogP contribution in [-0.2, 0) is 32.2 Å². The van der Waals surface area contributed by atoms with Crippen LogP contribution in [0.5, 0.6) is 0 Å². The summed E-state index contributed by atoms with van der Waals surface area (Å²) in [5.41, 5.74) is -0.291. The van der Waals surface area contributed by atoms with E-state index in [0.29, 0.717) is 62.3 Å². The highest BCUT2D eigenvalue weighted by Crippen LogP contribution is 2.39. The average molecular weight is 656 g/mol. The lowest BCUT2D eigenvalue weighted by atomic mass is 9.81. The number of aryl methyl sites for hydroxylation is 1. The number of benzene rings is 1. The lowest BCUT2D eigenvalue weighted by Crippen LogP contribution is -2.35. The lowest BCUT2D eigenvalue weighted by molar-refractivity contribution is -0.140. The fourth-order valence-corrected chi connectivity index (χ4v) is 7.81. The first-order valence-electron chi connectivity index (χ1n) is 15.8. The van der Waals surface area contributed by atoms with Gasteiger partial charge in [0.2, 0.25) is 11.8 Å². The molecule has 2 aromatic heterocycles. The summed E-state index contributed by atoms with van der Waals surface area (Å²) in [4.78, 5) is 37.9. The van der Waals surface area contributed by atoms with Crippen LogP contribution in [0.25, 0.3) is 11.3 Å². The topological polar surface area (TPSA) is 113 Å². The molecule has 2 unspecified atom stereocenters. The maximum absolute atomic E-state index is 14.1. The number of amides is 2. The number of nitrogens with zero attached hydrogens (tertiary/aromatic N) is 4. The number of carbonyl (C=O) groups excluding carboxylic acids is 2. The molecule has 3 aromatic rings. The molecule has 2 aliphatic heterocycles. The van der Waals surface area contributed by atoms with Crippen molar-refractivity contribution in [3.8, 4) is 11.3 Å². The average Bonchev–Trinajstić information content (AvgIpc) is 3.27. The first-order chi connectivity index (χ1) is 22.0. The summed E-state index contributed by atoms with van der Waals surface area (Å²) in [5, 5.41) is -0.306. The van der Waals surface area contributed by atoms with E-state index in [1.54, 1.807) is 36.4 Å². The predicted octanol–water partition coefficient (Wildman–Crippen LogP) is 6.06. The van der Waals surface area contributed by atoms with Gasteiger partial charge in [0.25, 0.3) is 10.0 Å². The second-order valence-corrected chi connectivity index (χ2v) is 13.8. The second kappa shape index (κ2) is 13.0. The van der Waals surface area contributed by atoms with Crippen molar-refractivity contribution in [1.29, 1.82) is 0 Å². The normalized spacial score (nSPS) is 21.8. The zero-order valence-corrected chi connectivity index (χ0v) is 26.1. The SMILES string of the molecule is O=C1C2CCCCC2C(=O)N1CCCN1CCCCCc2ccccc2-c2nc(ccc2C(F)(F)F)NS(=O)(=O)c2cccc1n2. The van der Waals surface area contributed by atoms with E-state index in [0.717, 1.165) is 44.2 Å². The largest absolute Gasteiger partial charge is 0.418 e.